The van der Waals surface area contributed by atoms with Crippen LogP contribution in [0.3, 0.4) is 0 Å². The molecule has 2 heterocycles. The lowest BCUT2D eigenvalue weighted by atomic mass is 10.0. The number of ether oxygens (including phenoxy) is 1. The zero-order chi connectivity index (χ0) is 19.5. The van der Waals surface area contributed by atoms with E-state index >= 15 is 0 Å². The Bertz CT molecular complexity index is 893. The minimum atomic E-state index is -0.130. The maximum absolute atomic E-state index is 13.0. The largest absolute Gasteiger partial charge is 0.482 e. The van der Waals surface area contributed by atoms with Gasteiger partial charge in [0.15, 0.2) is 6.61 Å². The maximum atomic E-state index is 13.0. The van der Waals surface area contributed by atoms with Crippen LogP contribution in [-0.4, -0.2) is 49.5 Å². The minimum Gasteiger partial charge on any atom is -0.482 e. The Balaban J connectivity index is 0.00000240. The molecule has 1 atom stereocenters. The van der Waals surface area contributed by atoms with Crippen molar-refractivity contribution in [1.29, 1.82) is 0 Å². The van der Waals surface area contributed by atoms with Crippen LogP contribution in [0.15, 0.2) is 48.5 Å². The maximum Gasteiger partial charge on any atom is 0.265 e. The number of fused-ring (bicyclic) bond motifs is 1. The van der Waals surface area contributed by atoms with E-state index in [4.69, 9.17) is 16.3 Å². The molecule has 0 aromatic heterocycles. The molecule has 8 heteroatoms. The van der Waals surface area contributed by atoms with Crippen molar-refractivity contribution in [1.82, 2.24) is 10.2 Å². The standard InChI is InChI=1S/C21H22ClN3O3.ClH/c22-16-6-2-1-5-15(16)18-13-23-10-12-25(18)20(26)9-11-24-17-7-3-4-8-19(17)28-14-21(24)27;/h1-8,18,23H,9-14H2;1H. The van der Waals surface area contributed by atoms with Crippen LogP contribution in [0.4, 0.5) is 5.69 Å². The van der Waals surface area contributed by atoms with Crippen LogP contribution < -0.4 is 15.0 Å². The predicted molar refractivity (Wildman–Crippen MR) is 115 cm³/mol. The zero-order valence-corrected chi connectivity index (χ0v) is 17.4. The average Bonchev–Trinajstić information content (AvgIpc) is 2.73. The molecule has 1 saturated heterocycles. The van der Waals surface area contributed by atoms with Gasteiger partial charge >= 0.3 is 0 Å². The van der Waals surface area contributed by atoms with E-state index in [0.717, 1.165) is 17.8 Å². The quantitative estimate of drug-likeness (QED) is 0.801. The first-order valence-electron chi connectivity index (χ1n) is 9.42. The summed E-state index contributed by atoms with van der Waals surface area (Å²) in [6.07, 6.45) is 0.251. The van der Waals surface area contributed by atoms with Crippen LogP contribution in [0, 0.1) is 0 Å². The Morgan fingerprint density at radius 1 is 1.17 bits per heavy atom. The van der Waals surface area contributed by atoms with Crippen molar-refractivity contribution in [3.05, 3.63) is 59.1 Å². The molecule has 1 unspecified atom stereocenters. The summed E-state index contributed by atoms with van der Waals surface area (Å²) in [7, 11) is 0. The summed E-state index contributed by atoms with van der Waals surface area (Å²) in [5.41, 5.74) is 1.66. The van der Waals surface area contributed by atoms with Crippen molar-refractivity contribution in [2.24, 2.45) is 0 Å². The monoisotopic (exact) mass is 435 g/mol. The third-order valence-corrected chi connectivity index (χ3v) is 5.53. The molecule has 0 radical (unpaired) electrons. The number of anilines is 1. The van der Waals surface area contributed by atoms with Gasteiger partial charge in [-0.2, -0.15) is 0 Å². The number of amides is 2. The van der Waals surface area contributed by atoms with Crippen LogP contribution in [0.5, 0.6) is 5.75 Å². The Kier molecular flexibility index (Phi) is 7.00. The lowest BCUT2D eigenvalue weighted by Gasteiger charge is -2.37. The van der Waals surface area contributed by atoms with Gasteiger partial charge in [0.2, 0.25) is 5.91 Å². The summed E-state index contributed by atoms with van der Waals surface area (Å²) in [5.74, 6) is 0.559. The van der Waals surface area contributed by atoms with E-state index in [2.05, 4.69) is 5.32 Å². The highest BCUT2D eigenvalue weighted by Crippen LogP contribution is 2.32. The minimum absolute atomic E-state index is 0. The van der Waals surface area contributed by atoms with Gasteiger partial charge in [-0.25, -0.2) is 0 Å². The van der Waals surface area contributed by atoms with Gasteiger partial charge in [-0.05, 0) is 23.8 Å². The molecule has 2 aromatic carbocycles. The van der Waals surface area contributed by atoms with E-state index in [1.54, 1.807) is 4.90 Å². The normalized spacial score (nSPS) is 18.5. The number of carbonyl (C=O) groups is 2. The molecular formula is C21H23Cl2N3O3. The van der Waals surface area contributed by atoms with Gasteiger partial charge in [0, 0.05) is 37.6 Å². The number of nitrogens with zero attached hydrogens (tertiary/aromatic N) is 2. The summed E-state index contributed by atoms with van der Waals surface area (Å²) < 4.78 is 5.47. The summed E-state index contributed by atoms with van der Waals surface area (Å²) in [6, 6.07) is 14.9. The SMILES string of the molecule is Cl.O=C1COc2ccccc2N1CCC(=O)N1CCNCC1c1ccccc1Cl. The first-order valence-corrected chi connectivity index (χ1v) is 9.80. The van der Waals surface area contributed by atoms with Gasteiger partial charge in [-0.3, -0.25) is 9.59 Å². The molecule has 2 amide bonds. The van der Waals surface area contributed by atoms with E-state index in [-0.39, 0.29) is 43.3 Å². The van der Waals surface area contributed by atoms with Crippen molar-refractivity contribution in [3.8, 4) is 5.75 Å². The predicted octanol–water partition coefficient (Wildman–Crippen LogP) is 3.05. The molecule has 0 spiro atoms. The topological polar surface area (TPSA) is 61.9 Å². The molecule has 2 aromatic rings. The number of carbonyl (C=O) groups excluding carboxylic acids is 2. The third kappa shape index (κ3) is 4.50. The number of hydrogen-bond acceptors (Lipinski definition) is 4. The molecule has 0 saturated carbocycles. The molecule has 154 valence electrons. The van der Waals surface area contributed by atoms with Crippen LogP contribution in [0.1, 0.15) is 18.0 Å². The lowest BCUT2D eigenvalue weighted by molar-refractivity contribution is -0.134. The number of halogens is 2. The van der Waals surface area contributed by atoms with Crippen molar-refractivity contribution >= 4 is 41.5 Å². The molecule has 0 bridgehead atoms. The number of rotatable bonds is 4. The summed E-state index contributed by atoms with van der Waals surface area (Å²) in [4.78, 5) is 28.9. The van der Waals surface area contributed by atoms with Gasteiger partial charge in [0.1, 0.15) is 5.75 Å². The number of nitrogens with one attached hydrogen (secondary N) is 1. The van der Waals surface area contributed by atoms with Crippen molar-refractivity contribution in [2.45, 2.75) is 12.5 Å². The second kappa shape index (κ2) is 9.48. The van der Waals surface area contributed by atoms with E-state index in [1.807, 2.05) is 53.4 Å². The molecule has 1 fully saturated rings. The Hall–Kier alpha value is -2.28. The number of benzene rings is 2. The van der Waals surface area contributed by atoms with Gasteiger partial charge in [0.05, 0.1) is 11.7 Å². The van der Waals surface area contributed by atoms with Crippen LogP contribution in [0.25, 0.3) is 0 Å². The highest BCUT2D eigenvalue weighted by molar-refractivity contribution is 6.31. The van der Waals surface area contributed by atoms with E-state index < -0.39 is 0 Å². The van der Waals surface area contributed by atoms with E-state index in [9.17, 15) is 9.59 Å². The number of hydrogen-bond donors (Lipinski definition) is 1. The molecule has 2 aliphatic heterocycles. The fraction of sp³-hybridized carbons (Fsp3) is 0.333. The molecule has 2 aliphatic rings. The summed E-state index contributed by atoms with van der Waals surface area (Å²) in [6.45, 7) is 2.35. The van der Waals surface area contributed by atoms with Crippen LogP contribution in [0.2, 0.25) is 5.02 Å². The van der Waals surface area contributed by atoms with Crippen LogP contribution in [-0.2, 0) is 9.59 Å². The fourth-order valence-corrected chi connectivity index (χ4v) is 4.04. The second-order valence-corrected chi connectivity index (χ2v) is 7.29. The highest BCUT2D eigenvalue weighted by atomic mass is 35.5. The number of para-hydroxylation sites is 2. The molecule has 0 aliphatic carbocycles. The number of piperazine rings is 1. The first-order chi connectivity index (χ1) is 13.6. The van der Waals surface area contributed by atoms with Crippen LogP contribution >= 0.6 is 24.0 Å². The van der Waals surface area contributed by atoms with Crippen molar-refractivity contribution in [3.63, 3.8) is 0 Å². The Labute approximate surface area is 181 Å². The molecular weight excluding hydrogens is 413 g/mol. The van der Waals surface area contributed by atoms with Gasteiger partial charge in [-0.15, -0.1) is 12.4 Å². The molecule has 29 heavy (non-hydrogen) atoms. The van der Waals surface area contributed by atoms with Gasteiger partial charge in [-0.1, -0.05) is 41.9 Å². The first kappa shape index (κ1) is 21.4. The molecule has 4 rings (SSSR count). The van der Waals surface area contributed by atoms with Crippen molar-refractivity contribution < 1.29 is 14.3 Å². The van der Waals surface area contributed by atoms with Crippen molar-refractivity contribution in [2.75, 3.05) is 37.7 Å². The Morgan fingerprint density at radius 2 is 1.93 bits per heavy atom. The fourth-order valence-electron chi connectivity index (χ4n) is 3.78. The second-order valence-electron chi connectivity index (χ2n) is 6.88. The van der Waals surface area contributed by atoms with Gasteiger partial charge in [0.25, 0.3) is 5.91 Å². The third-order valence-electron chi connectivity index (χ3n) is 5.19. The van der Waals surface area contributed by atoms with E-state index in [0.29, 0.717) is 30.4 Å². The molecule has 6 nitrogen and oxygen atoms in total. The lowest BCUT2D eigenvalue weighted by Crippen LogP contribution is -2.49. The zero-order valence-electron chi connectivity index (χ0n) is 15.8. The smallest absolute Gasteiger partial charge is 0.265 e. The average molecular weight is 436 g/mol. The highest BCUT2D eigenvalue weighted by Gasteiger charge is 2.31. The Morgan fingerprint density at radius 3 is 2.76 bits per heavy atom. The molecule has 1 N–H and O–H groups in total. The summed E-state index contributed by atoms with van der Waals surface area (Å²) >= 11 is 6.37. The summed E-state index contributed by atoms with van der Waals surface area (Å²) in [5, 5.41) is 4.00. The van der Waals surface area contributed by atoms with Gasteiger partial charge < -0.3 is 19.9 Å². The van der Waals surface area contributed by atoms with E-state index in [1.165, 1.54) is 0 Å².